The Hall–Kier alpha value is -2.09. The fourth-order valence-corrected chi connectivity index (χ4v) is 2.48. The Morgan fingerprint density at radius 1 is 0.950 bits per heavy atom. The van der Waals surface area contributed by atoms with E-state index in [4.69, 9.17) is 4.74 Å². The quantitative estimate of drug-likeness (QED) is 0.782. The van der Waals surface area contributed by atoms with Crippen LogP contribution in [0.1, 0.15) is 32.6 Å². The van der Waals surface area contributed by atoms with Gasteiger partial charge in [-0.15, -0.1) is 0 Å². The Bertz CT molecular complexity index is 622. The second-order valence-corrected chi connectivity index (χ2v) is 5.30. The number of rotatable bonds is 4. The Morgan fingerprint density at radius 3 is 2.20 bits per heavy atom. The summed E-state index contributed by atoms with van der Waals surface area (Å²) in [7, 11) is 1.60. The van der Waals surface area contributed by atoms with Gasteiger partial charge in [0.2, 0.25) is 0 Å². The van der Waals surface area contributed by atoms with E-state index in [1.165, 1.54) is 11.1 Å². The van der Waals surface area contributed by atoms with Gasteiger partial charge in [-0.2, -0.15) is 0 Å². The Morgan fingerprint density at radius 2 is 1.60 bits per heavy atom. The topological polar surface area (TPSA) is 26.3 Å². The van der Waals surface area contributed by atoms with E-state index in [0.29, 0.717) is 17.7 Å². The van der Waals surface area contributed by atoms with Crippen LogP contribution in [0.5, 0.6) is 5.75 Å². The summed E-state index contributed by atoms with van der Waals surface area (Å²) < 4.78 is 5.31. The van der Waals surface area contributed by atoms with Crippen LogP contribution in [0.2, 0.25) is 0 Å². The minimum Gasteiger partial charge on any atom is -0.496 e. The molecule has 0 saturated carbocycles. The van der Waals surface area contributed by atoms with Crippen LogP contribution in [-0.2, 0) is 6.42 Å². The van der Waals surface area contributed by atoms with Gasteiger partial charge in [-0.05, 0) is 44.0 Å². The molecule has 104 valence electrons. The molecule has 2 heteroatoms. The van der Waals surface area contributed by atoms with Gasteiger partial charge in [0.1, 0.15) is 5.75 Å². The largest absolute Gasteiger partial charge is 0.496 e. The predicted octanol–water partition coefficient (Wildman–Crippen LogP) is 4.05. The average molecular weight is 268 g/mol. The third kappa shape index (κ3) is 3.27. The number of benzene rings is 2. The molecule has 0 aliphatic rings. The van der Waals surface area contributed by atoms with E-state index in [1.807, 2.05) is 39.0 Å². The summed E-state index contributed by atoms with van der Waals surface area (Å²) in [5.74, 6) is 0.742. The van der Waals surface area contributed by atoms with E-state index >= 15 is 0 Å². The van der Waals surface area contributed by atoms with Crippen molar-refractivity contribution in [2.24, 2.45) is 0 Å². The SMILES string of the molecule is COc1cc(C)ccc1C(=O)Cc1cc(C)cc(C)c1. The molecule has 0 bridgehead atoms. The highest BCUT2D eigenvalue weighted by atomic mass is 16.5. The third-order valence-electron chi connectivity index (χ3n) is 3.30. The number of carbonyl (C=O) groups excluding carboxylic acids is 1. The first kappa shape index (κ1) is 14.3. The smallest absolute Gasteiger partial charge is 0.170 e. The van der Waals surface area contributed by atoms with Crippen LogP contribution in [-0.4, -0.2) is 12.9 Å². The number of methoxy groups -OCH3 is 1. The summed E-state index contributed by atoms with van der Waals surface area (Å²) in [4.78, 5) is 12.4. The predicted molar refractivity (Wildman–Crippen MR) is 81.7 cm³/mol. The molecule has 0 atom stereocenters. The van der Waals surface area contributed by atoms with E-state index in [1.54, 1.807) is 7.11 Å². The van der Waals surface area contributed by atoms with Crippen molar-refractivity contribution in [3.05, 3.63) is 64.2 Å². The molecule has 0 fully saturated rings. The second-order valence-electron chi connectivity index (χ2n) is 5.30. The van der Waals surface area contributed by atoms with Gasteiger partial charge in [-0.1, -0.05) is 35.4 Å². The number of aryl methyl sites for hydroxylation is 3. The molecule has 0 saturated heterocycles. The number of ketones is 1. The summed E-state index contributed by atoms with van der Waals surface area (Å²) in [5, 5.41) is 0. The molecule has 0 N–H and O–H groups in total. The molecule has 0 aliphatic heterocycles. The fourth-order valence-electron chi connectivity index (χ4n) is 2.48. The minimum absolute atomic E-state index is 0.0897. The van der Waals surface area contributed by atoms with E-state index < -0.39 is 0 Å². The van der Waals surface area contributed by atoms with Gasteiger partial charge in [0.05, 0.1) is 12.7 Å². The van der Waals surface area contributed by atoms with Gasteiger partial charge in [0.25, 0.3) is 0 Å². The zero-order chi connectivity index (χ0) is 14.7. The first-order chi connectivity index (χ1) is 9.49. The molecular formula is C18H20O2. The maximum atomic E-state index is 12.4. The van der Waals surface area contributed by atoms with Gasteiger partial charge in [0, 0.05) is 6.42 Å². The van der Waals surface area contributed by atoms with Crippen LogP contribution < -0.4 is 4.74 Å². The Labute approximate surface area is 120 Å². The molecule has 2 nitrogen and oxygen atoms in total. The van der Waals surface area contributed by atoms with Gasteiger partial charge in [0.15, 0.2) is 5.78 Å². The summed E-state index contributed by atoms with van der Waals surface area (Å²) in [6.45, 7) is 6.08. The number of ether oxygens (including phenoxy) is 1. The van der Waals surface area contributed by atoms with Crippen molar-refractivity contribution < 1.29 is 9.53 Å². The highest BCUT2D eigenvalue weighted by Crippen LogP contribution is 2.22. The van der Waals surface area contributed by atoms with Gasteiger partial charge < -0.3 is 4.74 Å². The lowest BCUT2D eigenvalue weighted by molar-refractivity contribution is 0.0990. The van der Waals surface area contributed by atoms with E-state index in [9.17, 15) is 4.79 Å². The first-order valence-electron chi connectivity index (χ1n) is 6.74. The third-order valence-corrected chi connectivity index (χ3v) is 3.30. The number of hydrogen-bond donors (Lipinski definition) is 0. The highest BCUT2D eigenvalue weighted by molar-refractivity contribution is 6.00. The van der Waals surface area contributed by atoms with E-state index in [0.717, 1.165) is 11.1 Å². The standard InChI is InChI=1S/C18H20O2/c1-12-5-6-16(18(10-12)20-4)17(19)11-15-8-13(2)7-14(3)9-15/h5-10H,11H2,1-4H3. The molecule has 0 amide bonds. The van der Waals surface area contributed by atoms with Gasteiger partial charge in [-0.25, -0.2) is 0 Å². The molecule has 0 aliphatic carbocycles. The zero-order valence-electron chi connectivity index (χ0n) is 12.5. The van der Waals surface area contributed by atoms with Gasteiger partial charge in [-0.3, -0.25) is 4.79 Å². The molecule has 2 aromatic carbocycles. The second kappa shape index (κ2) is 5.91. The molecule has 0 aromatic heterocycles. The van der Waals surface area contributed by atoms with Crippen molar-refractivity contribution >= 4 is 5.78 Å². The maximum Gasteiger partial charge on any atom is 0.170 e. The first-order valence-corrected chi connectivity index (χ1v) is 6.74. The molecule has 0 unspecified atom stereocenters. The summed E-state index contributed by atoms with van der Waals surface area (Å²) in [5.41, 5.74) is 5.16. The van der Waals surface area contributed by atoms with E-state index in [-0.39, 0.29) is 5.78 Å². The normalized spacial score (nSPS) is 10.4. The number of hydrogen-bond acceptors (Lipinski definition) is 2. The fraction of sp³-hybridized carbons (Fsp3) is 0.278. The number of Topliss-reactive ketones (excluding diaryl/α,β-unsaturated/α-hetero) is 1. The van der Waals surface area contributed by atoms with E-state index in [2.05, 4.69) is 18.2 Å². The highest BCUT2D eigenvalue weighted by Gasteiger charge is 2.13. The average Bonchev–Trinajstić information content (AvgIpc) is 2.37. The zero-order valence-corrected chi connectivity index (χ0v) is 12.5. The molecule has 0 heterocycles. The summed E-state index contributed by atoms with van der Waals surface area (Å²) in [6, 6.07) is 11.9. The van der Waals surface area contributed by atoms with Crippen LogP contribution in [0.4, 0.5) is 0 Å². The van der Waals surface area contributed by atoms with Crippen molar-refractivity contribution in [2.45, 2.75) is 27.2 Å². The van der Waals surface area contributed by atoms with Crippen molar-refractivity contribution in [3.8, 4) is 5.75 Å². The van der Waals surface area contributed by atoms with Crippen LogP contribution in [0.15, 0.2) is 36.4 Å². The molecule has 0 spiro atoms. The number of carbonyl (C=O) groups is 1. The molecule has 20 heavy (non-hydrogen) atoms. The van der Waals surface area contributed by atoms with Crippen molar-refractivity contribution in [2.75, 3.05) is 7.11 Å². The van der Waals surface area contributed by atoms with Crippen molar-refractivity contribution in [1.82, 2.24) is 0 Å². The lowest BCUT2D eigenvalue weighted by Gasteiger charge is -2.09. The van der Waals surface area contributed by atoms with Gasteiger partial charge >= 0.3 is 0 Å². The van der Waals surface area contributed by atoms with Crippen LogP contribution in [0.25, 0.3) is 0 Å². The minimum atomic E-state index is 0.0897. The Balaban J connectivity index is 2.28. The van der Waals surface area contributed by atoms with Crippen molar-refractivity contribution in [1.29, 1.82) is 0 Å². The van der Waals surface area contributed by atoms with Crippen LogP contribution in [0.3, 0.4) is 0 Å². The molecular weight excluding hydrogens is 248 g/mol. The summed E-state index contributed by atoms with van der Waals surface area (Å²) in [6.07, 6.45) is 0.405. The Kier molecular flexibility index (Phi) is 4.23. The molecule has 0 radical (unpaired) electrons. The maximum absolute atomic E-state index is 12.4. The molecule has 2 aromatic rings. The monoisotopic (exact) mass is 268 g/mol. The van der Waals surface area contributed by atoms with Crippen LogP contribution >= 0.6 is 0 Å². The molecule has 2 rings (SSSR count). The lowest BCUT2D eigenvalue weighted by Crippen LogP contribution is -2.06. The lowest BCUT2D eigenvalue weighted by atomic mass is 9.98. The van der Waals surface area contributed by atoms with Crippen LogP contribution in [0, 0.1) is 20.8 Å². The van der Waals surface area contributed by atoms with Crippen molar-refractivity contribution in [3.63, 3.8) is 0 Å². The summed E-state index contributed by atoms with van der Waals surface area (Å²) >= 11 is 0.